The average Bonchev–Trinajstić information content (AvgIpc) is 3.10. The van der Waals surface area contributed by atoms with E-state index in [9.17, 15) is 18.0 Å². The molecule has 2 aromatic heterocycles. The molecule has 0 saturated heterocycles. The minimum absolute atomic E-state index is 0.0776. The van der Waals surface area contributed by atoms with E-state index in [0.717, 1.165) is 5.56 Å². The third-order valence-electron chi connectivity index (χ3n) is 3.39. The van der Waals surface area contributed by atoms with Gasteiger partial charge in [-0.1, -0.05) is 0 Å². The first kappa shape index (κ1) is 21.6. The van der Waals surface area contributed by atoms with Gasteiger partial charge < -0.3 is 15.1 Å². The van der Waals surface area contributed by atoms with Gasteiger partial charge in [0.15, 0.2) is 5.76 Å². The summed E-state index contributed by atoms with van der Waals surface area (Å²) in [5.74, 6) is -0.972. The molecule has 2 rings (SSSR count). The molecule has 0 bridgehead atoms. The summed E-state index contributed by atoms with van der Waals surface area (Å²) in [6.45, 7) is 5.54. The van der Waals surface area contributed by atoms with Crippen molar-refractivity contribution in [3.63, 3.8) is 0 Å². The summed E-state index contributed by atoms with van der Waals surface area (Å²) in [7, 11) is -3.86. The number of hydrogen-bond acceptors (Lipinski definition) is 6. The third kappa shape index (κ3) is 6.78. The van der Waals surface area contributed by atoms with E-state index < -0.39 is 21.5 Å². The maximum Gasteiger partial charge on any atom is 0.287 e. The third-order valence-corrected chi connectivity index (χ3v) is 5.02. The molecule has 0 radical (unpaired) electrons. The summed E-state index contributed by atoms with van der Waals surface area (Å²) in [5.41, 5.74) is 0.234. The van der Waals surface area contributed by atoms with Crippen molar-refractivity contribution < 1.29 is 22.4 Å². The maximum atomic E-state index is 12.2. The zero-order valence-corrected chi connectivity index (χ0v) is 16.8. The Morgan fingerprint density at radius 2 is 1.75 bits per heavy atom. The molecule has 0 aliphatic heterocycles. The van der Waals surface area contributed by atoms with Gasteiger partial charge in [-0.15, -0.1) is 0 Å². The largest absolute Gasteiger partial charge is 0.438 e. The van der Waals surface area contributed by atoms with E-state index >= 15 is 0 Å². The highest BCUT2D eigenvalue weighted by Crippen LogP contribution is 2.16. The van der Waals surface area contributed by atoms with Crippen LogP contribution in [-0.4, -0.2) is 37.3 Å². The van der Waals surface area contributed by atoms with Crippen molar-refractivity contribution in [1.29, 1.82) is 0 Å². The van der Waals surface area contributed by atoms with Crippen LogP contribution >= 0.6 is 0 Å². The van der Waals surface area contributed by atoms with Crippen molar-refractivity contribution in [3.05, 3.63) is 48.0 Å². The maximum absolute atomic E-state index is 12.2. The Kier molecular flexibility index (Phi) is 6.92. The fourth-order valence-electron chi connectivity index (χ4n) is 2.21. The fourth-order valence-corrected chi connectivity index (χ4v) is 3.56. The predicted octanol–water partition coefficient (Wildman–Crippen LogP) is 1.19. The number of pyridine rings is 1. The van der Waals surface area contributed by atoms with Gasteiger partial charge in [0, 0.05) is 37.4 Å². The van der Waals surface area contributed by atoms with Crippen LogP contribution in [0.25, 0.3) is 0 Å². The van der Waals surface area contributed by atoms with E-state index in [1.807, 2.05) is 0 Å². The van der Waals surface area contributed by atoms with E-state index in [0.29, 0.717) is 6.54 Å². The molecule has 28 heavy (non-hydrogen) atoms. The standard InChI is InChI=1S/C18H24N4O5S/c1-18(2,3)22-28(25,26)16-5-4-14(27-16)17(24)20-11-8-15(23)21-12-13-6-9-19-10-7-13/h4-7,9-10,22H,8,11-12H2,1-3H3,(H,20,24)(H,21,23). The molecule has 0 atom stereocenters. The molecule has 2 aromatic rings. The van der Waals surface area contributed by atoms with Crippen LogP contribution in [0.3, 0.4) is 0 Å². The van der Waals surface area contributed by atoms with Crippen molar-refractivity contribution in [2.45, 2.75) is 44.4 Å². The highest BCUT2D eigenvalue weighted by atomic mass is 32.2. The molecule has 0 spiro atoms. The van der Waals surface area contributed by atoms with Gasteiger partial charge in [-0.2, -0.15) is 0 Å². The van der Waals surface area contributed by atoms with E-state index in [1.165, 1.54) is 12.1 Å². The van der Waals surface area contributed by atoms with Gasteiger partial charge in [-0.3, -0.25) is 14.6 Å². The summed E-state index contributed by atoms with van der Waals surface area (Å²) in [5, 5.41) is 4.91. The molecule has 0 unspecified atom stereocenters. The minimum Gasteiger partial charge on any atom is -0.438 e. The molecule has 152 valence electrons. The molecule has 0 saturated carbocycles. The number of rotatable bonds is 8. The van der Waals surface area contributed by atoms with E-state index in [2.05, 4.69) is 20.3 Å². The normalized spacial score (nSPS) is 11.8. The van der Waals surface area contributed by atoms with Crippen molar-refractivity contribution in [2.24, 2.45) is 0 Å². The Hall–Kier alpha value is -2.72. The molecule has 2 amide bonds. The molecular weight excluding hydrogens is 384 g/mol. The van der Waals surface area contributed by atoms with Gasteiger partial charge in [0.2, 0.25) is 11.0 Å². The lowest BCUT2D eigenvalue weighted by Crippen LogP contribution is -2.40. The van der Waals surface area contributed by atoms with Crippen molar-refractivity contribution in [1.82, 2.24) is 20.3 Å². The zero-order valence-electron chi connectivity index (χ0n) is 16.0. The van der Waals surface area contributed by atoms with Crippen LogP contribution in [0.2, 0.25) is 0 Å². The Morgan fingerprint density at radius 1 is 1.07 bits per heavy atom. The number of amides is 2. The number of carbonyl (C=O) groups is 2. The van der Waals surface area contributed by atoms with Crippen molar-refractivity contribution >= 4 is 21.8 Å². The molecule has 2 heterocycles. The molecule has 0 aromatic carbocycles. The SMILES string of the molecule is CC(C)(C)NS(=O)(=O)c1ccc(C(=O)NCCC(=O)NCc2ccncc2)o1. The lowest BCUT2D eigenvalue weighted by Gasteiger charge is -2.18. The van der Waals surface area contributed by atoms with Crippen LogP contribution in [0.15, 0.2) is 46.2 Å². The van der Waals surface area contributed by atoms with Gasteiger partial charge >= 0.3 is 0 Å². The molecule has 9 nitrogen and oxygen atoms in total. The number of nitrogens with zero attached hydrogens (tertiary/aromatic N) is 1. The van der Waals surface area contributed by atoms with Crippen LogP contribution in [0, 0.1) is 0 Å². The molecule has 0 aliphatic carbocycles. The van der Waals surface area contributed by atoms with E-state index in [-0.39, 0.29) is 29.7 Å². The van der Waals surface area contributed by atoms with Gasteiger partial charge in [-0.05, 0) is 50.6 Å². The van der Waals surface area contributed by atoms with E-state index in [1.54, 1.807) is 45.3 Å². The summed E-state index contributed by atoms with van der Waals surface area (Å²) < 4.78 is 32.0. The monoisotopic (exact) mass is 408 g/mol. The zero-order chi connectivity index (χ0) is 20.8. The highest BCUT2D eigenvalue weighted by molar-refractivity contribution is 7.89. The smallest absolute Gasteiger partial charge is 0.287 e. The van der Waals surface area contributed by atoms with Crippen molar-refractivity contribution in [3.8, 4) is 0 Å². The van der Waals surface area contributed by atoms with Gasteiger partial charge in [-0.25, -0.2) is 13.1 Å². The second-order valence-electron chi connectivity index (χ2n) is 7.11. The summed E-state index contributed by atoms with van der Waals surface area (Å²) in [6, 6.07) is 6.07. The number of aromatic nitrogens is 1. The molecular formula is C18H24N4O5S. The Bertz CT molecular complexity index is 917. The van der Waals surface area contributed by atoms with Gasteiger partial charge in [0.1, 0.15) is 0 Å². The van der Waals surface area contributed by atoms with Crippen LogP contribution in [0.4, 0.5) is 0 Å². The van der Waals surface area contributed by atoms with Crippen LogP contribution in [-0.2, 0) is 21.4 Å². The molecule has 3 N–H and O–H groups in total. The topological polar surface area (TPSA) is 130 Å². The fraction of sp³-hybridized carbons (Fsp3) is 0.389. The van der Waals surface area contributed by atoms with Crippen LogP contribution in [0.5, 0.6) is 0 Å². The summed E-state index contributed by atoms with van der Waals surface area (Å²) in [4.78, 5) is 27.8. The first-order chi connectivity index (χ1) is 13.1. The Labute approximate surface area is 164 Å². The number of hydrogen-bond donors (Lipinski definition) is 3. The van der Waals surface area contributed by atoms with E-state index in [4.69, 9.17) is 4.42 Å². The van der Waals surface area contributed by atoms with Crippen LogP contribution < -0.4 is 15.4 Å². The first-order valence-corrected chi connectivity index (χ1v) is 10.1. The molecule has 0 aliphatic rings. The summed E-state index contributed by atoms with van der Waals surface area (Å²) in [6.07, 6.45) is 3.35. The lowest BCUT2D eigenvalue weighted by molar-refractivity contribution is -0.121. The Balaban J connectivity index is 1.80. The second kappa shape index (κ2) is 8.98. The predicted molar refractivity (Wildman–Crippen MR) is 102 cm³/mol. The van der Waals surface area contributed by atoms with Crippen LogP contribution in [0.1, 0.15) is 43.3 Å². The van der Waals surface area contributed by atoms with Gasteiger partial charge in [0.25, 0.3) is 15.9 Å². The number of sulfonamides is 1. The summed E-state index contributed by atoms with van der Waals surface area (Å²) >= 11 is 0. The number of furan rings is 1. The Morgan fingerprint density at radius 3 is 2.39 bits per heavy atom. The quantitative estimate of drug-likeness (QED) is 0.601. The minimum atomic E-state index is -3.86. The molecule has 0 fully saturated rings. The molecule has 10 heteroatoms. The highest BCUT2D eigenvalue weighted by Gasteiger charge is 2.26. The first-order valence-electron chi connectivity index (χ1n) is 8.64. The van der Waals surface area contributed by atoms with Gasteiger partial charge in [0.05, 0.1) is 0 Å². The number of nitrogens with one attached hydrogen (secondary N) is 3. The van der Waals surface area contributed by atoms with Crippen molar-refractivity contribution in [2.75, 3.05) is 6.54 Å². The average molecular weight is 408 g/mol. The number of carbonyl (C=O) groups excluding carboxylic acids is 2. The lowest BCUT2D eigenvalue weighted by atomic mass is 10.1. The second-order valence-corrected chi connectivity index (χ2v) is 8.73.